The van der Waals surface area contributed by atoms with E-state index in [9.17, 15) is 26.7 Å². The van der Waals surface area contributed by atoms with Gasteiger partial charge in [-0.15, -0.1) is 13.2 Å². The molecule has 0 aliphatic carbocycles. The number of ether oxygens (including phenoxy) is 2. The third kappa shape index (κ3) is 4.58. The topological polar surface area (TPSA) is 59.3 Å². The smallest absolute Gasteiger partial charge is 0.466 e. The third-order valence-electron chi connectivity index (χ3n) is 2.51. The van der Waals surface area contributed by atoms with E-state index in [4.69, 9.17) is 5.26 Å². The first-order chi connectivity index (χ1) is 10.2. The maximum atomic E-state index is 13.1. The van der Waals surface area contributed by atoms with Crippen molar-refractivity contribution in [1.82, 2.24) is 0 Å². The van der Waals surface area contributed by atoms with E-state index in [1.807, 2.05) is 0 Å². The number of halogens is 5. The number of esters is 1. The Hall–Kier alpha value is -2.37. The summed E-state index contributed by atoms with van der Waals surface area (Å²) in [6.45, 7) is 1.43. The van der Waals surface area contributed by atoms with Crippen LogP contribution in [0.2, 0.25) is 0 Å². The normalized spacial score (nSPS) is 11.2. The minimum absolute atomic E-state index is 0.0382. The van der Waals surface area contributed by atoms with Crippen molar-refractivity contribution in [2.75, 3.05) is 6.61 Å². The van der Waals surface area contributed by atoms with Gasteiger partial charge in [-0.3, -0.25) is 4.79 Å². The zero-order valence-corrected chi connectivity index (χ0v) is 11.2. The van der Waals surface area contributed by atoms with E-state index >= 15 is 0 Å². The second-order valence-electron chi connectivity index (χ2n) is 3.95. The predicted molar refractivity (Wildman–Crippen MR) is 63.1 cm³/mol. The molecule has 0 heterocycles. The Morgan fingerprint density at radius 2 is 2.00 bits per heavy atom. The highest BCUT2D eigenvalue weighted by molar-refractivity contribution is 5.75. The van der Waals surface area contributed by atoms with Gasteiger partial charge in [0.2, 0.25) is 0 Å². The van der Waals surface area contributed by atoms with Crippen molar-refractivity contribution in [2.45, 2.75) is 26.1 Å². The van der Waals surface area contributed by atoms with Crippen molar-refractivity contribution < 1.29 is 36.2 Å². The summed E-state index contributed by atoms with van der Waals surface area (Å²) in [5, 5.41) is 8.88. The zero-order chi connectivity index (χ0) is 16.9. The second kappa shape index (κ2) is 7.06. The fourth-order valence-corrected chi connectivity index (χ4v) is 1.75. The molecular weight excluding hydrogens is 313 g/mol. The van der Waals surface area contributed by atoms with Crippen molar-refractivity contribution in [3.63, 3.8) is 0 Å². The van der Waals surface area contributed by atoms with Crippen LogP contribution >= 0.6 is 0 Å². The largest absolute Gasteiger partial charge is 0.573 e. The highest BCUT2D eigenvalue weighted by atomic mass is 19.4. The van der Waals surface area contributed by atoms with Crippen molar-refractivity contribution in [3.05, 3.63) is 28.8 Å². The van der Waals surface area contributed by atoms with Crippen LogP contribution in [0.1, 0.15) is 30.0 Å². The average molecular weight is 323 g/mol. The summed E-state index contributed by atoms with van der Waals surface area (Å²) in [4.78, 5) is 11.4. The molecule has 0 amide bonds. The van der Waals surface area contributed by atoms with E-state index in [-0.39, 0.29) is 12.2 Å². The van der Waals surface area contributed by atoms with E-state index in [0.717, 1.165) is 6.07 Å². The molecule has 1 aromatic rings. The molecule has 0 fully saturated rings. The molecule has 0 aliphatic heterocycles. The number of alkyl halides is 5. The monoisotopic (exact) mass is 323 g/mol. The standard InChI is InChI=1S/C13H10F5NO3/c1-2-21-10(20)5-8-7(6-19)3-4-9(11(8)12(14)15)22-13(16,17)18/h3-4,12H,2,5H2,1H3. The van der Waals surface area contributed by atoms with Crippen LogP contribution in [-0.4, -0.2) is 18.9 Å². The first-order valence-electron chi connectivity index (χ1n) is 5.95. The van der Waals surface area contributed by atoms with Crippen molar-refractivity contribution in [3.8, 4) is 11.8 Å². The molecule has 9 heteroatoms. The van der Waals surface area contributed by atoms with Gasteiger partial charge in [0.15, 0.2) is 0 Å². The van der Waals surface area contributed by atoms with Crippen LogP contribution in [0.15, 0.2) is 12.1 Å². The SMILES string of the molecule is CCOC(=O)Cc1c(C#N)ccc(OC(F)(F)F)c1C(F)F. The van der Waals surface area contributed by atoms with Crippen molar-refractivity contribution >= 4 is 5.97 Å². The molecule has 22 heavy (non-hydrogen) atoms. The number of carbonyl (C=O) groups is 1. The van der Waals surface area contributed by atoms with E-state index < -0.39 is 42.1 Å². The van der Waals surface area contributed by atoms with Crippen molar-refractivity contribution in [1.29, 1.82) is 5.26 Å². The van der Waals surface area contributed by atoms with Gasteiger partial charge in [-0.05, 0) is 24.6 Å². The van der Waals surface area contributed by atoms with E-state index in [1.165, 1.54) is 6.92 Å². The fraction of sp³-hybridized carbons (Fsp3) is 0.385. The summed E-state index contributed by atoms with van der Waals surface area (Å²) < 4.78 is 71.1. The molecule has 0 unspecified atom stereocenters. The molecule has 0 aliphatic rings. The first kappa shape index (κ1) is 17.7. The van der Waals surface area contributed by atoms with Gasteiger partial charge in [0.05, 0.1) is 30.2 Å². The summed E-state index contributed by atoms with van der Waals surface area (Å²) in [7, 11) is 0. The number of nitrogens with zero attached hydrogens (tertiary/aromatic N) is 1. The minimum Gasteiger partial charge on any atom is -0.466 e. The van der Waals surface area contributed by atoms with Crippen LogP contribution < -0.4 is 4.74 Å². The van der Waals surface area contributed by atoms with Gasteiger partial charge < -0.3 is 9.47 Å². The first-order valence-corrected chi connectivity index (χ1v) is 5.95. The van der Waals surface area contributed by atoms with Gasteiger partial charge in [0.1, 0.15) is 5.75 Å². The van der Waals surface area contributed by atoms with Gasteiger partial charge in [-0.2, -0.15) is 5.26 Å². The summed E-state index contributed by atoms with van der Waals surface area (Å²) in [6.07, 6.45) is -9.31. The van der Waals surface area contributed by atoms with Crippen LogP contribution in [-0.2, 0) is 16.0 Å². The van der Waals surface area contributed by atoms with Gasteiger partial charge in [-0.25, -0.2) is 8.78 Å². The quantitative estimate of drug-likeness (QED) is 0.615. The van der Waals surface area contributed by atoms with Crippen LogP contribution in [0.3, 0.4) is 0 Å². The Kier molecular flexibility index (Phi) is 5.68. The number of nitriles is 1. The summed E-state index contributed by atoms with van der Waals surface area (Å²) in [5.41, 5.74) is -2.04. The molecule has 0 atom stereocenters. The number of rotatable bonds is 5. The number of hydrogen-bond donors (Lipinski definition) is 0. The van der Waals surface area contributed by atoms with E-state index in [0.29, 0.717) is 6.07 Å². The molecule has 120 valence electrons. The molecule has 0 spiro atoms. The molecule has 0 bridgehead atoms. The van der Waals surface area contributed by atoms with Crippen LogP contribution in [0, 0.1) is 11.3 Å². The lowest BCUT2D eigenvalue weighted by molar-refractivity contribution is -0.275. The molecule has 0 saturated carbocycles. The molecule has 0 N–H and O–H groups in total. The Morgan fingerprint density at radius 1 is 1.36 bits per heavy atom. The van der Waals surface area contributed by atoms with Crippen molar-refractivity contribution in [2.24, 2.45) is 0 Å². The second-order valence-corrected chi connectivity index (χ2v) is 3.95. The lowest BCUT2D eigenvalue weighted by Crippen LogP contribution is -2.19. The highest BCUT2D eigenvalue weighted by Crippen LogP contribution is 2.37. The highest BCUT2D eigenvalue weighted by Gasteiger charge is 2.35. The molecule has 1 aromatic carbocycles. The summed E-state index contributed by atoms with van der Waals surface area (Å²) in [6, 6.07) is 3.04. The molecule has 1 rings (SSSR count). The average Bonchev–Trinajstić information content (AvgIpc) is 2.37. The van der Waals surface area contributed by atoms with Gasteiger partial charge in [0, 0.05) is 0 Å². The van der Waals surface area contributed by atoms with Gasteiger partial charge >= 0.3 is 12.3 Å². The summed E-state index contributed by atoms with van der Waals surface area (Å²) in [5.74, 6) is -2.09. The Balaban J connectivity index is 3.39. The maximum Gasteiger partial charge on any atom is 0.573 e. The fourth-order valence-electron chi connectivity index (χ4n) is 1.75. The van der Waals surface area contributed by atoms with Gasteiger partial charge in [-0.1, -0.05) is 0 Å². The Morgan fingerprint density at radius 3 is 2.45 bits per heavy atom. The van der Waals surface area contributed by atoms with E-state index in [2.05, 4.69) is 9.47 Å². The van der Waals surface area contributed by atoms with Crippen LogP contribution in [0.5, 0.6) is 5.75 Å². The number of hydrogen-bond acceptors (Lipinski definition) is 4. The minimum atomic E-state index is -5.18. The molecule has 0 radical (unpaired) electrons. The Bertz CT molecular complexity index is 593. The third-order valence-corrected chi connectivity index (χ3v) is 2.51. The number of benzene rings is 1. The number of carbonyl (C=O) groups excluding carboxylic acids is 1. The van der Waals surface area contributed by atoms with Crippen LogP contribution in [0.25, 0.3) is 0 Å². The molecule has 0 saturated heterocycles. The van der Waals surface area contributed by atoms with Crippen LogP contribution in [0.4, 0.5) is 22.0 Å². The Labute approximate surface area is 122 Å². The lowest BCUT2D eigenvalue weighted by atomic mass is 9.98. The molecule has 0 aromatic heterocycles. The van der Waals surface area contributed by atoms with Gasteiger partial charge in [0.25, 0.3) is 6.43 Å². The molecule has 4 nitrogen and oxygen atoms in total. The lowest BCUT2D eigenvalue weighted by Gasteiger charge is -2.17. The molecular formula is C13H10F5NO3. The predicted octanol–water partition coefficient (Wildman–Crippen LogP) is 3.50. The van der Waals surface area contributed by atoms with E-state index in [1.54, 1.807) is 6.07 Å². The maximum absolute atomic E-state index is 13.1. The zero-order valence-electron chi connectivity index (χ0n) is 11.2. The summed E-state index contributed by atoms with van der Waals surface area (Å²) >= 11 is 0.